The standard InChI is InChI=1S/C23H38N4O3.HI/c1-24-23(25-11-3-14-29-18-22-4-2-15-30-22)26-16-19-5-7-20(8-6-19)17-27-12-9-21(28)10-13-27;/h5-8,21-22,28H,2-4,9-18H2,1H3,(H2,24,25,26);1H. The van der Waals surface area contributed by atoms with Gasteiger partial charge in [0.05, 0.1) is 18.8 Å². The van der Waals surface area contributed by atoms with Gasteiger partial charge in [-0.2, -0.15) is 0 Å². The fourth-order valence-corrected chi connectivity index (χ4v) is 3.88. The quantitative estimate of drug-likeness (QED) is 0.181. The maximum atomic E-state index is 9.63. The molecule has 31 heavy (non-hydrogen) atoms. The van der Waals surface area contributed by atoms with Crippen molar-refractivity contribution in [2.45, 2.75) is 57.4 Å². The second kappa shape index (κ2) is 15.0. The molecule has 0 saturated carbocycles. The Balaban J connectivity index is 0.00000341. The van der Waals surface area contributed by atoms with E-state index in [1.807, 2.05) is 0 Å². The first kappa shape index (κ1) is 26.3. The van der Waals surface area contributed by atoms with Gasteiger partial charge in [-0.25, -0.2) is 0 Å². The maximum absolute atomic E-state index is 9.63. The largest absolute Gasteiger partial charge is 0.393 e. The molecule has 2 aliphatic heterocycles. The van der Waals surface area contributed by atoms with Gasteiger partial charge in [0.2, 0.25) is 0 Å². The van der Waals surface area contributed by atoms with Crippen molar-refractivity contribution in [3.05, 3.63) is 35.4 Å². The zero-order chi connectivity index (χ0) is 21.0. The smallest absolute Gasteiger partial charge is 0.191 e. The average Bonchev–Trinajstić information content (AvgIpc) is 3.29. The second-order valence-corrected chi connectivity index (χ2v) is 8.24. The minimum Gasteiger partial charge on any atom is -0.393 e. The lowest BCUT2D eigenvalue weighted by atomic mass is 10.1. The lowest BCUT2D eigenvalue weighted by Gasteiger charge is -2.29. The van der Waals surface area contributed by atoms with Crippen LogP contribution in [0.3, 0.4) is 0 Å². The number of hydrogen-bond acceptors (Lipinski definition) is 5. The Morgan fingerprint density at radius 2 is 1.90 bits per heavy atom. The van der Waals surface area contributed by atoms with Crippen molar-refractivity contribution in [2.24, 2.45) is 4.99 Å². The number of hydrogen-bond donors (Lipinski definition) is 3. The molecule has 0 radical (unpaired) electrons. The molecular formula is C23H39IN4O3. The fourth-order valence-electron chi connectivity index (χ4n) is 3.88. The lowest BCUT2D eigenvalue weighted by molar-refractivity contribution is 0.0168. The van der Waals surface area contributed by atoms with Crippen molar-refractivity contribution in [1.29, 1.82) is 0 Å². The zero-order valence-corrected chi connectivity index (χ0v) is 21.1. The van der Waals surface area contributed by atoms with Crippen LogP contribution in [0, 0.1) is 0 Å². The average molecular weight is 546 g/mol. The number of aliphatic hydroxyl groups is 1. The zero-order valence-electron chi connectivity index (χ0n) is 18.7. The molecule has 7 nitrogen and oxygen atoms in total. The van der Waals surface area contributed by atoms with Gasteiger partial charge in [-0.3, -0.25) is 9.89 Å². The first-order valence-electron chi connectivity index (χ1n) is 11.3. The number of aliphatic hydroxyl groups excluding tert-OH is 1. The van der Waals surface area contributed by atoms with E-state index in [9.17, 15) is 5.11 Å². The molecule has 0 spiro atoms. The highest BCUT2D eigenvalue weighted by Gasteiger charge is 2.17. The molecule has 1 atom stereocenters. The van der Waals surface area contributed by atoms with Crippen LogP contribution in [0.4, 0.5) is 0 Å². The van der Waals surface area contributed by atoms with Gasteiger partial charge in [-0.15, -0.1) is 24.0 Å². The van der Waals surface area contributed by atoms with Gasteiger partial charge in [0.1, 0.15) is 0 Å². The summed E-state index contributed by atoms with van der Waals surface area (Å²) in [6, 6.07) is 8.74. The van der Waals surface area contributed by atoms with E-state index in [1.165, 1.54) is 11.1 Å². The topological polar surface area (TPSA) is 78.4 Å². The third-order valence-corrected chi connectivity index (χ3v) is 5.76. The van der Waals surface area contributed by atoms with Gasteiger partial charge in [0.15, 0.2) is 5.96 Å². The summed E-state index contributed by atoms with van der Waals surface area (Å²) in [4.78, 5) is 6.70. The lowest BCUT2D eigenvalue weighted by Crippen LogP contribution is -2.37. The first-order valence-corrected chi connectivity index (χ1v) is 11.3. The normalized spacial score (nSPS) is 20.5. The number of nitrogens with zero attached hydrogens (tertiary/aromatic N) is 2. The van der Waals surface area contributed by atoms with Crippen LogP contribution in [-0.2, 0) is 22.6 Å². The number of likely N-dealkylation sites (tertiary alicyclic amines) is 1. The van der Waals surface area contributed by atoms with E-state index in [4.69, 9.17) is 9.47 Å². The molecular weight excluding hydrogens is 507 g/mol. The number of ether oxygens (including phenoxy) is 2. The van der Waals surface area contributed by atoms with Crippen molar-refractivity contribution in [3.8, 4) is 0 Å². The summed E-state index contributed by atoms with van der Waals surface area (Å²) >= 11 is 0. The number of aliphatic imine (C=N–C) groups is 1. The molecule has 176 valence electrons. The molecule has 2 fully saturated rings. The van der Waals surface area contributed by atoms with Gasteiger partial charge >= 0.3 is 0 Å². The van der Waals surface area contributed by atoms with Crippen LogP contribution >= 0.6 is 24.0 Å². The summed E-state index contributed by atoms with van der Waals surface area (Å²) < 4.78 is 11.2. The summed E-state index contributed by atoms with van der Waals surface area (Å²) in [5.74, 6) is 0.810. The highest BCUT2D eigenvalue weighted by molar-refractivity contribution is 14.0. The summed E-state index contributed by atoms with van der Waals surface area (Å²) in [6.45, 7) is 6.81. The van der Waals surface area contributed by atoms with Crippen LogP contribution in [0.1, 0.15) is 43.2 Å². The van der Waals surface area contributed by atoms with E-state index in [0.29, 0.717) is 12.7 Å². The van der Waals surface area contributed by atoms with E-state index in [0.717, 1.165) is 84.0 Å². The number of rotatable bonds is 10. The SMILES string of the molecule is CN=C(NCCCOCC1CCCO1)NCc1ccc(CN2CCC(O)CC2)cc1.I. The predicted molar refractivity (Wildman–Crippen MR) is 135 cm³/mol. The molecule has 0 aliphatic carbocycles. The van der Waals surface area contributed by atoms with Crippen molar-refractivity contribution in [1.82, 2.24) is 15.5 Å². The van der Waals surface area contributed by atoms with Gasteiger partial charge in [0, 0.05) is 53.0 Å². The van der Waals surface area contributed by atoms with Crippen LogP contribution < -0.4 is 10.6 Å². The Bertz CT molecular complexity index is 630. The third kappa shape index (κ3) is 10.0. The number of piperidine rings is 1. The fraction of sp³-hybridized carbons (Fsp3) is 0.696. The second-order valence-electron chi connectivity index (χ2n) is 8.24. The van der Waals surface area contributed by atoms with Crippen molar-refractivity contribution < 1.29 is 14.6 Å². The Labute approximate surface area is 204 Å². The van der Waals surface area contributed by atoms with Crippen LogP contribution in [0.15, 0.2) is 29.3 Å². The van der Waals surface area contributed by atoms with E-state index >= 15 is 0 Å². The molecule has 0 amide bonds. The highest BCUT2D eigenvalue weighted by atomic mass is 127. The molecule has 0 bridgehead atoms. The van der Waals surface area contributed by atoms with E-state index < -0.39 is 0 Å². The Morgan fingerprint density at radius 1 is 1.16 bits per heavy atom. The monoisotopic (exact) mass is 546 g/mol. The number of benzene rings is 1. The van der Waals surface area contributed by atoms with Crippen LogP contribution in [0.5, 0.6) is 0 Å². The summed E-state index contributed by atoms with van der Waals surface area (Å²) in [5.41, 5.74) is 2.55. The summed E-state index contributed by atoms with van der Waals surface area (Å²) in [6.07, 6.45) is 5.17. The van der Waals surface area contributed by atoms with Crippen LogP contribution in [0.2, 0.25) is 0 Å². The van der Waals surface area contributed by atoms with Crippen molar-refractivity contribution >= 4 is 29.9 Å². The van der Waals surface area contributed by atoms with Crippen LogP contribution in [0.25, 0.3) is 0 Å². The van der Waals surface area contributed by atoms with Crippen LogP contribution in [-0.4, -0.2) is 74.7 Å². The molecule has 2 saturated heterocycles. The minimum absolute atomic E-state index is 0. The van der Waals surface area contributed by atoms with E-state index in [-0.39, 0.29) is 30.1 Å². The third-order valence-electron chi connectivity index (χ3n) is 5.76. The van der Waals surface area contributed by atoms with Crippen molar-refractivity contribution in [3.63, 3.8) is 0 Å². The molecule has 2 heterocycles. The van der Waals surface area contributed by atoms with Gasteiger partial charge in [0.25, 0.3) is 0 Å². The first-order chi connectivity index (χ1) is 14.7. The molecule has 3 rings (SSSR count). The number of guanidine groups is 1. The predicted octanol–water partition coefficient (Wildman–Crippen LogP) is 2.51. The maximum Gasteiger partial charge on any atom is 0.191 e. The molecule has 1 aromatic rings. The summed E-state index contributed by atoms with van der Waals surface area (Å²) in [7, 11) is 1.79. The molecule has 1 unspecified atom stereocenters. The molecule has 8 heteroatoms. The minimum atomic E-state index is -0.114. The van der Waals surface area contributed by atoms with Crippen molar-refractivity contribution in [2.75, 3.05) is 46.5 Å². The molecule has 2 aliphatic rings. The van der Waals surface area contributed by atoms with Gasteiger partial charge in [-0.05, 0) is 43.2 Å². The number of nitrogens with one attached hydrogen (secondary N) is 2. The molecule has 1 aromatic carbocycles. The van der Waals surface area contributed by atoms with E-state index in [2.05, 4.69) is 44.8 Å². The van der Waals surface area contributed by atoms with Gasteiger partial charge < -0.3 is 25.2 Å². The Morgan fingerprint density at radius 3 is 2.58 bits per heavy atom. The number of halogens is 1. The Hall–Kier alpha value is -0.940. The van der Waals surface area contributed by atoms with Gasteiger partial charge in [-0.1, -0.05) is 24.3 Å². The molecule has 0 aromatic heterocycles. The van der Waals surface area contributed by atoms with E-state index in [1.54, 1.807) is 7.05 Å². The highest BCUT2D eigenvalue weighted by Crippen LogP contribution is 2.14. The molecule has 3 N–H and O–H groups in total. The Kier molecular flexibility index (Phi) is 12.7. The summed E-state index contributed by atoms with van der Waals surface area (Å²) in [5, 5.41) is 16.3.